The molecule has 4 nitrogen and oxygen atoms in total. The maximum absolute atomic E-state index is 5.61. The molecule has 0 aliphatic carbocycles. The fourth-order valence-electron chi connectivity index (χ4n) is 1.67. The summed E-state index contributed by atoms with van der Waals surface area (Å²) in [6, 6.07) is 2.14. The molecule has 0 aromatic carbocycles. The molecule has 0 aliphatic heterocycles. The molecule has 2 aromatic heterocycles. The average Bonchev–Trinajstić information content (AvgIpc) is 2.55. The molecule has 2 N–H and O–H groups in total. The van der Waals surface area contributed by atoms with E-state index in [4.69, 9.17) is 5.73 Å². The van der Waals surface area contributed by atoms with Crippen molar-refractivity contribution in [1.29, 1.82) is 0 Å². The van der Waals surface area contributed by atoms with Crippen LogP contribution in [0, 0.1) is 0 Å². The van der Waals surface area contributed by atoms with Crippen molar-refractivity contribution in [2.24, 2.45) is 12.8 Å². The van der Waals surface area contributed by atoms with Crippen LogP contribution in [0.15, 0.2) is 12.3 Å². The SMILES string of the molecule is CC(C)c1cnc2c(CN)nn(C)c2c1. The third kappa shape index (κ3) is 1.61. The zero-order valence-electron chi connectivity index (χ0n) is 9.36. The van der Waals surface area contributed by atoms with E-state index in [0.29, 0.717) is 12.5 Å². The van der Waals surface area contributed by atoms with Crippen molar-refractivity contribution in [2.75, 3.05) is 0 Å². The minimum atomic E-state index is 0.436. The summed E-state index contributed by atoms with van der Waals surface area (Å²) in [6.45, 7) is 4.75. The normalized spacial score (nSPS) is 11.5. The van der Waals surface area contributed by atoms with Crippen LogP contribution in [0.4, 0.5) is 0 Å². The van der Waals surface area contributed by atoms with E-state index >= 15 is 0 Å². The van der Waals surface area contributed by atoms with Gasteiger partial charge in [0.1, 0.15) is 11.2 Å². The van der Waals surface area contributed by atoms with Crippen LogP contribution in [0.25, 0.3) is 11.0 Å². The highest BCUT2D eigenvalue weighted by molar-refractivity contribution is 5.78. The molecule has 0 bridgehead atoms. The predicted molar refractivity (Wildman–Crippen MR) is 60.5 cm³/mol. The summed E-state index contributed by atoms with van der Waals surface area (Å²) < 4.78 is 1.84. The van der Waals surface area contributed by atoms with Crippen molar-refractivity contribution in [3.05, 3.63) is 23.5 Å². The topological polar surface area (TPSA) is 56.7 Å². The predicted octanol–water partition coefficient (Wildman–Crippen LogP) is 1.55. The minimum absolute atomic E-state index is 0.436. The van der Waals surface area contributed by atoms with E-state index in [0.717, 1.165) is 16.7 Å². The summed E-state index contributed by atoms with van der Waals surface area (Å²) in [5, 5.41) is 4.34. The van der Waals surface area contributed by atoms with Crippen molar-refractivity contribution >= 4 is 11.0 Å². The van der Waals surface area contributed by atoms with Crippen molar-refractivity contribution in [3.63, 3.8) is 0 Å². The summed E-state index contributed by atoms with van der Waals surface area (Å²) in [7, 11) is 1.92. The number of nitrogens with two attached hydrogens (primary N) is 1. The van der Waals surface area contributed by atoms with Gasteiger partial charge in [0.25, 0.3) is 0 Å². The van der Waals surface area contributed by atoms with Crippen molar-refractivity contribution in [1.82, 2.24) is 14.8 Å². The first kappa shape index (κ1) is 10.1. The lowest BCUT2D eigenvalue weighted by molar-refractivity contribution is 0.764. The number of aromatic nitrogens is 3. The molecule has 15 heavy (non-hydrogen) atoms. The van der Waals surface area contributed by atoms with Gasteiger partial charge in [-0.3, -0.25) is 9.67 Å². The van der Waals surface area contributed by atoms with Gasteiger partial charge in [-0.1, -0.05) is 13.8 Å². The lowest BCUT2D eigenvalue weighted by Gasteiger charge is -2.04. The number of rotatable bonds is 2. The molecule has 0 spiro atoms. The number of pyridine rings is 1. The molecule has 0 radical (unpaired) electrons. The summed E-state index contributed by atoms with van der Waals surface area (Å²) >= 11 is 0. The zero-order valence-corrected chi connectivity index (χ0v) is 9.36. The Kier molecular flexibility index (Phi) is 2.44. The quantitative estimate of drug-likeness (QED) is 0.807. The lowest BCUT2D eigenvalue weighted by Crippen LogP contribution is -1.99. The fourth-order valence-corrected chi connectivity index (χ4v) is 1.67. The van der Waals surface area contributed by atoms with Gasteiger partial charge in [0, 0.05) is 19.8 Å². The Morgan fingerprint density at radius 3 is 2.80 bits per heavy atom. The smallest absolute Gasteiger partial charge is 0.113 e. The second kappa shape index (κ2) is 3.62. The molecule has 2 aromatic rings. The van der Waals surface area contributed by atoms with E-state index in [2.05, 4.69) is 30.0 Å². The molecule has 80 valence electrons. The Morgan fingerprint density at radius 2 is 2.20 bits per heavy atom. The number of aryl methyl sites for hydroxylation is 1. The third-order valence-corrected chi connectivity index (χ3v) is 2.64. The molecule has 0 amide bonds. The summed E-state index contributed by atoms with van der Waals surface area (Å²) in [4.78, 5) is 4.43. The molecule has 0 saturated heterocycles. The summed E-state index contributed by atoms with van der Waals surface area (Å²) in [6.07, 6.45) is 1.91. The van der Waals surface area contributed by atoms with Gasteiger partial charge in [-0.05, 0) is 17.5 Å². The molecule has 2 rings (SSSR count). The van der Waals surface area contributed by atoms with E-state index < -0.39 is 0 Å². The number of fused-ring (bicyclic) bond motifs is 1. The van der Waals surface area contributed by atoms with Gasteiger partial charge in [0.15, 0.2) is 0 Å². The highest BCUT2D eigenvalue weighted by Gasteiger charge is 2.10. The first-order chi connectivity index (χ1) is 7.13. The molecular formula is C11H16N4. The van der Waals surface area contributed by atoms with Crippen molar-refractivity contribution < 1.29 is 0 Å². The van der Waals surface area contributed by atoms with Crippen LogP contribution < -0.4 is 5.73 Å². The Labute approximate surface area is 89.1 Å². The lowest BCUT2D eigenvalue weighted by atomic mass is 10.1. The number of hydrogen-bond donors (Lipinski definition) is 1. The first-order valence-electron chi connectivity index (χ1n) is 5.15. The van der Waals surface area contributed by atoms with Gasteiger partial charge in [-0.25, -0.2) is 0 Å². The van der Waals surface area contributed by atoms with Crippen LogP contribution >= 0.6 is 0 Å². The Bertz CT molecular complexity index is 485. The van der Waals surface area contributed by atoms with Crippen LogP contribution in [-0.4, -0.2) is 14.8 Å². The maximum atomic E-state index is 5.61. The highest BCUT2D eigenvalue weighted by atomic mass is 15.3. The van der Waals surface area contributed by atoms with Crippen LogP contribution in [0.1, 0.15) is 31.0 Å². The van der Waals surface area contributed by atoms with E-state index in [1.165, 1.54) is 5.56 Å². The van der Waals surface area contributed by atoms with E-state index in [1.807, 2.05) is 17.9 Å². The molecular weight excluding hydrogens is 188 g/mol. The molecule has 4 heteroatoms. The maximum Gasteiger partial charge on any atom is 0.113 e. The standard InChI is InChI=1S/C11H16N4/c1-7(2)8-4-10-11(13-6-8)9(5-12)14-15(10)3/h4,6-7H,5,12H2,1-3H3. The van der Waals surface area contributed by atoms with Crippen LogP contribution in [0.2, 0.25) is 0 Å². The van der Waals surface area contributed by atoms with E-state index in [1.54, 1.807) is 0 Å². The molecule has 0 aliphatic rings. The van der Waals surface area contributed by atoms with Gasteiger partial charge in [0.05, 0.1) is 5.52 Å². The second-order valence-corrected chi connectivity index (χ2v) is 4.07. The van der Waals surface area contributed by atoms with Gasteiger partial charge in [-0.2, -0.15) is 5.10 Å². The average molecular weight is 204 g/mol. The van der Waals surface area contributed by atoms with Crippen LogP contribution in [0.3, 0.4) is 0 Å². The van der Waals surface area contributed by atoms with Crippen LogP contribution in [-0.2, 0) is 13.6 Å². The van der Waals surface area contributed by atoms with E-state index in [-0.39, 0.29) is 0 Å². The summed E-state index contributed by atoms with van der Waals surface area (Å²) in [5.74, 6) is 0.484. The zero-order chi connectivity index (χ0) is 11.0. The largest absolute Gasteiger partial charge is 0.325 e. The molecule has 0 atom stereocenters. The summed E-state index contributed by atoms with van der Waals surface area (Å²) in [5.41, 5.74) is 9.68. The highest BCUT2D eigenvalue weighted by Crippen LogP contribution is 2.20. The third-order valence-electron chi connectivity index (χ3n) is 2.64. The molecule has 0 unspecified atom stereocenters. The number of hydrogen-bond acceptors (Lipinski definition) is 3. The molecule has 0 saturated carbocycles. The molecule has 0 fully saturated rings. The molecule has 2 heterocycles. The monoisotopic (exact) mass is 204 g/mol. The Morgan fingerprint density at radius 1 is 1.47 bits per heavy atom. The van der Waals surface area contributed by atoms with Crippen molar-refractivity contribution in [2.45, 2.75) is 26.3 Å². The fraction of sp³-hybridized carbons (Fsp3) is 0.455. The minimum Gasteiger partial charge on any atom is -0.325 e. The van der Waals surface area contributed by atoms with Gasteiger partial charge >= 0.3 is 0 Å². The van der Waals surface area contributed by atoms with E-state index in [9.17, 15) is 0 Å². The van der Waals surface area contributed by atoms with Crippen LogP contribution in [0.5, 0.6) is 0 Å². The van der Waals surface area contributed by atoms with Gasteiger partial charge in [-0.15, -0.1) is 0 Å². The van der Waals surface area contributed by atoms with Gasteiger partial charge in [0.2, 0.25) is 0 Å². The Balaban J connectivity index is 2.66. The number of nitrogens with zero attached hydrogens (tertiary/aromatic N) is 3. The Hall–Kier alpha value is -1.42. The first-order valence-corrected chi connectivity index (χ1v) is 5.15. The second-order valence-electron chi connectivity index (χ2n) is 4.07. The van der Waals surface area contributed by atoms with Gasteiger partial charge < -0.3 is 5.73 Å². The van der Waals surface area contributed by atoms with Crippen molar-refractivity contribution in [3.8, 4) is 0 Å².